The largest absolute Gasteiger partial charge is 0.444 e. The highest BCUT2D eigenvalue weighted by Gasteiger charge is 2.34. The lowest BCUT2D eigenvalue weighted by molar-refractivity contribution is 0.0527. The summed E-state index contributed by atoms with van der Waals surface area (Å²) >= 11 is 0. The Bertz CT molecular complexity index is 262. The van der Waals surface area contributed by atoms with Crippen LogP contribution in [0.5, 0.6) is 0 Å². The number of nitrogens with one attached hydrogen (secondary N) is 2. The molecule has 4 nitrogen and oxygen atoms in total. The predicted octanol–water partition coefficient (Wildman–Crippen LogP) is 2.68. The van der Waals surface area contributed by atoms with Crippen LogP contribution in [0.2, 0.25) is 0 Å². The molecule has 0 radical (unpaired) electrons. The van der Waals surface area contributed by atoms with E-state index in [4.69, 9.17) is 4.74 Å². The zero-order valence-electron chi connectivity index (χ0n) is 12.3. The molecule has 0 atom stereocenters. The highest BCUT2D eigenvalue weighted by molar-refractivity contribution is 5.67. The van der Waals surface area contributed by atoms with Gasteiger partial charge >= 0.3 is 6.09 Å². The van der Waals surface area contributed by atoms with Gasteiger partial charge in [-0.1, -0.05) is 13.3 Å². The van der Waals surface area contributed by atoms with E-state index in [1.807, 2.05) is 20.8 Å². The van der Waals surface area contributed by atoms with Gasteiger partial charge in [0.1, 0.15) is 5.60 Å². The number of hydrogen-bond acceptors (Lipinski definition) is 3. The Morgan fingerprint density at radius 1 is 1.28 bits per heavy atom. The summed E-state index contributed by atoms with van der Waals surface area (Å²) in [5, 5.41) is 6.18. The second-order valence-electron chi connectivity index (χ2n) is 6.31. The van der Waals surface area contributed by atoms with Crippen molar-refractivity contribution in [2.24, 2.45) is 5.41 Å². The molecule has 2 N–H and O–H groups in total. The predicted molar refractivity (Wildman–Crippen MR) is 73.7 cm³/mol. The highest BCUT2D eigenvalue weighted by Crippen LogP contribution is 2.42. The molecule has 1 amide bonds. The van der Waals surface area contributed by atoms with Crippen LogP contribution in [0, 0.1) is 5.41 Å². The fourth-order valence-corrected chi connectivity index (χ4v) is 2.25. The molecule has 1 aliphatic carbocycles. The van der Waals surface area contributed by atoms with Gasteiger partial charge in [0.05, 0.1) is 0 Å². The minimum Gasteiger partial charge on any atom is -0.444 e. The summed E-state index contributed by atoms with van der Waals surface area (Å²) < 4.78 is 5.16. The fourth-order valence-electron chi connectivity index (χ4n) is 2.25. The van der Waals surface area contributed by atoms with E-state index in [0.29, 0.717) is 12.0 Å². The van der Waals surface area contributed by atoms with Crippen LogP contribution >= 0.6 is 0 Å². The standard InChI is InChI=1S/C14H28N2O2/c1-5-14(7-6-8-14)11-15-9-10-16-12(17)18-13(2,3)4/h15H,5-11H2,1-4H3,(H,16,17). The maximum absolute atomic E-state index is 11.4. The fraction of sp³-hybridized carbons (Fsp3) is 0.929. The molecule has 0 spiro atoms. The lowest BCUT2D eigenvalue weighted by atomic mass is 9.67. The number of hydrogen-bond donors (Lipinski definition) is 2. The Balaban J connectivity index is 2.03. The second-order valence-corrected chi connectivity index (χ2v) is 6.31. The van der Waals surface area contributed by atoms with Gasteiger partial charge in [0.25, 0.3) is 0 Å². The Morgan fingerprint density at radius 2 is 1.94 bits per heavy atom. The summed E-state index contributed by atoms with van der Waals surface area (Å²) in [5.74, 6) is 0. The molecule has 1 aliphatic rings. The van der Waals surface area contributed by atoms with Crippen LogP contribution < -0.4 is 10.6 Å². The lowest BCUT2D eigenvalue weighted by Crippen LogP contribution is -2.42. The summed E-state index contributed by atoms with van der Waals surface area (Å²) in [6.45, 7) is 10.4. The van der Waals surface area contributed by atoms with Gasteiger partial charge in [-0.2, -0.15) is 0 Å². The van der Waals surface area contributed by atoms with Crippen LogP contribution in [0.25, 0.3) is 0 Å². The molecule has 0 aliphatic heterocycles. The van der Waals surface area contributed by atoms with E-state index in [2.05, 4.69) is 17.6 Å². The molecule has 0 heterocycles. The molecule has 0 aromatic rings. The molecule has 18 heavy (non-hydrogen) atoms. The van der Waals surface area contributed by atoms with E-state index in [-0.39, 0.29) is 6.09 Å². The Labute approximate surface area is 111 Å². The van der Waals surface area contributed by atoms with Crippen molar-refractivity contribution in [2.45, 2.75) is 59.0 Å². The normalized spacial score (nSPS) is 18.0. The molecular formula is C14H28N2O2. The van der Waals surface area contributed by atoms with Crippen molar-refractivity contribution in [3.8, 4) is 0 Å². The number of ether oxygens (including phenoxy) is 1. The minimum atomic E-state index is -0.421. The van der Waals surface area contributed by atoms with Crippen molar-refractivity contribution >= 4 is 6.09 Å². The summed E-state index contributed by atoms with van der Waals surface area (Å²) in [5.41, 5.74) is 0.113. The van der Waals surface area contributed by atoms with Crippen molar-refractivity contribution in [1.82, 2.24) is 10.6 Å². The van der Waals surface area contributed by atoms with Crippen LogP contribution in [0.4, 0.5) is 4.79 Å². The average molecular weight is 256 g/mol. The van der Waals surface area contributed by atoms with Gasteiger partial charge in [-0.05, 0) is 45.4 Å². The quantitative estimate of drug-likeness (QED) is 0.718. The van der Waals surface area contributed by atoms with E-state index in [1.165, 1.54) is 25.7 Å². The molecule has 1 fully saturated rings. The van der Waals surface area contributed by atoms with Crippen LogP contribution in [-0.4, -0.2) is 31.3 Å². The van der Waals surface area contributed by atoms with Gasteiger partial charge in [0.15, 0.2) is 0 Å². The highest BCUT2D eigenvalue weighted by atomic mass is 16.6. The Kier molecular flexibility index (Phi) is 5.45. The van der Waals surface area contributed by atoms with E-state index in [9.17, 15) is 4.79 Å². The molecule has 106 valence electrons. The molecule has 1 saturated carbocycles. The zero-order chi connectivity index (χ0) is 13.6. The molecule has 0 aromatic heterocycles. The van der Waals surface area contributed by atoms with Crippen LogP contribution in [0.3, 0.4) is 0 Å². The SMILES string of the molecule is CCC1(CNCCNC(=O)OC(C)(C)C)CCC1. The van der Waals surface area contributed by atoms with Crippen LogP contribution in [0.15, 0.2) is 0 Å². The Hall–Kier alpha value is -0.770. The second kappa shape index (κ2) is 6.41. The monoisotopic (exact) mass is 256 g/mol. The van der Waals surface area contributed by atoms with E-state index in [1.54, 1.807) is 0 Å². The number of rotatable bonds is 6. The number of carbonyl (C=O) groups excluding carboxylic acids is 1. The van der Waals surface area contributed by atoms with E-state index < -0.39 is 5.60 Å². The molecule has 0 unspecified atom stereocenters. The van der Waals surface area contributed by atoms with Crippen LogP contribution in [0.1, 0.15) is 53.4 Å². The molecule has 0 aromatic carbocycles. The third-order valence-corrected chi connectivity index (χ3v) is 3.63. The molecule has 4 heteroatoms. The minimum absolute atomic E-state index is 0.335. The topological polar surface area (TPSA) is 50.4 Å². The van der Waals surface area contributed by atoms with Crippen molar-refractivity contribution in [1.29, 1.82) is 0 Å². The number of alkyl carbamates (subject to hydrolysis) is 1. The average Bonchev–Trinajstić information content (AvgIpc) is 2.18. The van der Waals surface area contributed by atoms with Crippen molar-refractivity contribution in [2.75, 3.05) is 19.6 Å². The number of amides is 1. The van der Waals surface area contributed by atoms with E-state index >= 15 is 0 Å². The first-order chi connectivity index (χ1) is 8.37. The lowest BCUT2D eigenvalue weighted by Gasteiger charge is -2.41. The first-order valence-corrected chi connectivity index (χ1v) is 7.04. The smallest absolute Gasteiger partial charge is 0.407 e. The molecular weight excluding hydrogens is 228 g/mol. The first kappa shape index (κ1) is 15.3. The molecule has 0 bridgehead atoms. The van der Waals surface area contributed by atoms with Gasteiger partial charge in [0.2, 0.25) is 0 Å². The first-order valence-electron chi connectivity index (χ1n) is 7.04. The van der Waals surface area contributed by atoms with Crippen molar-refractivity contribution in [3.05, 3.63) is 0 Å². The summed E-state index contributed by atoms with van der Waals surface area (Å²) in [7, 11) is 0. The Morgan fingerprint density at radius 3 is 2.39 bits per heavy atom. The van der Waals surface area contributed by atoms with Gasteiger partial charge < -0.3 is 15.4 Å². The number of carbonyl (C=O) groups is 1. The third kappa shape index (κ3) is 5.25. The van der Waals surface area contributed by atoms with Gasteiger partial charge in [-0.25, -0.2) is 4.79 Å². The van der Waals surface area contributed by atoms with Gasteiger partial charge in [-0.3, -0.25) is 0 Å². The maximum atomic E-state index is 11.4. The molecule has 1 rings (SSSR count). The van der Waals surface area contributed by atoms with Gasteiger partial charge in [0, 0.05) is 19.6 Å². The maximum Gasteiger partial charge on any atom is 0.407 e. The molecule has 0 saturated heterocycles. The zero-order valence-corrected chi connectivity index (χ0v) is 12.3. The van der Waals surface area contributed by atoms with Crippen molar-refractivity contribution in [3.63, 3.8) is 0 Å². The summed E-state index contributed by atoms with van der Waals surface area (Å²) in [6.07, 6.45) is 4.97. The third-order valence-electron chi connectivity index (χ3n) is 3.63. The summed E-state index contributed by atoms with van der Waals surface area (Å²) in [4.78, 5) is 11.4. The van der Waals surface area contributed by atoms with Gasteiger partial charge in [-0.15, -0.1) is 0 Å². The van der Waals surface area contributed by atoms with Crippen LogP contribution in [-0.2, 0) is 4.74 Å². The van der Waals surface area contributed by atoms with Crippen molar-refractivity contribution < 1.29 is 9.53 Å². The summed E-state index contributed by atoms with van der Waals surface area (Å²) in [6, 6.07) is 0. The van der Waals surface area contributed by atoms with E-state index in [0.717, 1.165) is 13.1 Å².